The smallest absolute Gasteiger partial charge is 0.119 e. The van der Waals surface area contributed by atoms with Crippen molar-refractivity contribution in [3.63, 3.8) is 0 Å². The van der Waals surface area contributed by atoms with Gasteiger partial charge in [0.15, 0.2) is 0 Å². The van der Waals surface area contributed by atoms with E-state index in [1.165, 1.54) is 0 Å². The largest absolute Gasteiger partial charge is 0.497 e. The van der Waals surface area contributed by atoms with Crippen LogP contribution in [0.5, 0.6) is 11.5 Å². The number of methoxy groups -OCH3 is 2. The van der Waals surface area contributed by atoms with E-state index in [9.17, 15) is 0 Å². The standard InChI is InChI=1S/C13H21NO3/c1-11(10-15-2)14-8-9-17-13-6-4-12(16-3)5-7-13/h4-7,11,14H,8-10H2,1-3H3. The van der Waals surface area contributed by atoms with Crippen molar-refractivity contribution in [1.29, 1.82) is 0 Å². The minimum Gasteiger partial charge on any atom is -0.497 e. The van der Waals surface area contributed by atoms with Crippen molar-refractivity contribution in [1.82, 2.24) is 5.32 Å². The van der Waals surface area contributed by atoms with Crippen LogP contribution in [0.25, 0.3) is 0 Å². The zero-order valence-corrected chi connectivity index (χ0v) is 10.7. The van der Waals surface area contributed by atoms with Gasteiger partial charge in [-0.3, -0.25) is 0 Å². The molecule has 0 heterocycles. The molecule has 0 aliphatic rings. The molecule has 0 radical (unpaired) electrons. The van der Waals surface area contributed by atoms with Crippen LogP contribution in [-0.4, -0.2) is 40.0 Å². The van der Waals surface area contributed by atoms with E-state index in [1.54, 1.807) is 14.2 Å². The Morgan fingerprint density at radius 2 is 1.76 bits per heavy atom. The highest BCUT2D eigenvalue weighted by molar-refractivity contribution is 5.31. The molecule has 0 bridgehead atoms. The Morgan fingerprint density at radius 3 is 2.35 bits per heavy atom. The number of hydrogen-bond acceptors (Lipinski definition) is 4. The molecular weight excluding hydrogens is 218 g/mol. The second-order valence-corrected chi connectivity index (χ2v) is 3.83. The quantitative estimate of drug-likeness (QED) is 0.701. The molecule has 0 aliphatic carbocycles. The molecule has 0 spiro atoms. The predicted molar refractivity (Wildman–Crippen MR) is 67.8 cm³/mol. The van der Waals surface area contributed by atoms with E-state index in [-0.39, 0.29) is 0 Å². The Bertz CT molecular complexity index is 300. The second kappa shape index (κ2) is 7.92. The highest BCUT2D eigenvalue weighted by Crippen LogP contribution is 2.16. The van der Waals surface area contributed by atoms with E-state index >= 15 is 0 Å². The lowest BCUT2D eigenvalue weighted by Crippen LogP contribution is -2.33. The molecule has 4 nitrogen and oxygen atoms in total. The first-order valence-corrected chi connectivity index (χ1v) is 5.75. The zero-order chi connectivity index (χ0) is 12.5. The van der Waals surface area contributed by atoms with Crippen molar-refractivity contribution in [3.05, 3.63) is 24.3 Å². The van der Waals surface area contributed by atoms with Crippen LogP contribution >= 0.6 is 0 Å². The maximum atomic E-state index is 5.58. The maximum absolute atomic E-state index is 5.58. The van der Waals surface area contributed by atoms with Gasteiger partial charge >= 0.3 is 0 Å². The summed E-state index contributed by atoms with van der Waals surface area (Å²) in [4.78, 5) is 0. The Morgan fingerprint density at radius 1 is 1.12 bits per heavy atom. The van der Waals surface area contributed by atoms with Crippen molar-refractivity contribution in [2.24, 2.45) is 0 Å². The molecule has 1 N–H and O–H groups in total. The van der Waals surface area contributed by atoms with Crippen LogP contribution in [0.2, 0.25) is 0 Å². The van der Waals surface area contributed by atoms with Crippen molar-refractivity contribution in [2.45, 2.75) is 13.0 Å². The lowest BCUT2D eigenvalue weighted by Gasteiger charge is -2.13. The van der Waals surface area contributed by atoms with Crippen molar-refractivity contribution in [2.75, 3.05) is 34.0 Å². The van der Waals surface area contributed by atoms with Crippen LogP contribution < -0.4 is 14.8 Å². The summed E-state index contributed by atoms with van der Waals surface area (Å²) in [5.41, 5.74) is 0. The van der Waals surface area contributed by atoms with Crippen LogP contribution in [-0.2, 0) is 4.74 Å². The molecule has 0 saturated carbocycles. The van der Waals surface area contributed by atoms with Crippen molar-refractivity contribution >= 4 is 0 Å². The van der Waals surface area contributed by atoms with Gasteiger partial charge in [0.25, 0.3) is 0 Å². The molecule has 17 heavy (non-hydrogen) atoms. The van der Waals surface area contributed by atoms with Gasteiger partial charge in [-0.05, 0) is 31.2 Å². The minimum absolute atomic E-state index is 0.347. The van der Waals surface area contributed by atoms with E-state index in [0.29, 0.717) is 19.3 Å². The third-order valence-electron chi connectivity index (χ3n) is 2.34. The molecule has 0 aromatic heterocycles. The fraction of sp³-hybridized carbons (Fsp3) is 0.538. The molecular formula is C13H21NO3. The Balaban J connectivity index is 2.17. The first kappa shape index (κ1) is 13.8. The predicted octanol–water partition coefficient (Wildman–Crippen LogP) is 1.70. The summed E-state index contributed by atoms with van der Waals surface area (Å²) in [6.07, 6.45) is 0. The maximum Gasteiger partial charge on any atom is 0.119 e. The highest BCUT2D eigenvalue weighted by Gasteiger charge is 1.99. The van der Waals surface area contributed by atoms with Crippen LogP contribution in [0.1, 0.15) is 6.92 Å². The Labute approximate surface area is 103 Å². The van der Waals surface area contributed by atoms with Crippen molar-refractivity contribution < 1.29 is 14.2 Å². The lowest BCUT2D eigenvalue weighted by molar-refractivity contribution is 0.169. The van der Waals surface area contributed by atoms with Crippen LogP contribution in [0, 0.1) is 0 Å². The molecule has 1 rings (SSSR count). The summed E-state index contributed by atoms with van der Waals surface area (Å²) < 4.78 is 15.7. The lowest BCUT2D eigenvalue weighted by atomic mass is 10.3. The molecule has 0 fully saturated rings. The normalized spacial score (nSPS) is 12.2. The number of ether oxygens (including phenoxy) is 3. The fourth-order valence-corrected chi connectivity index (χ4v) is 1.46. The van der Waals surface area contributed by atoms with Gasteiger partial charge in [-0.25, -0.2) is 0 Å². The average Bonchev–Trinajstić information content (AvgIpc) is 2.36. The monoisotopic (exact) mass is 239 g/mol. The van der Waals surface area contributed by atoms with Gasteiger partial charge in [0.2, 0.25) is 0 Å². The highest BCUT2D eigenvalue weighted by atomic mass is 16.5. The summed E-state index contributed by atoms with van der Waals surface area (Å²) in [6.45, 7) is 4.23. The van der Waals surface area contributed by atoms with Crippen LogP contribution in [0.4, 0.5) is 0 Å². The third kappa shape index (κ3) is 5.56. The molecule has 0 saturated heterocycles. The van der Waals surface area contributed by atoms with E-state index in [0.717, 1.165) is 18.0 Å². The van der Waals surface area contributed by atoms with Gasteiger partial charge in [0.05, 0.1) is 13.7 Å². The Hall–Kier alpha value is -1.26. The Kier molecular flexibility index (Phi) is 6.43. The zero-order valence-electron chi connectivity index (χ0n) is 10.7. The van der Waals surface area contributed by atoms with E-state index in [2.05, 4.69) is 12.2 Å². The first-order chi connectivity index (χ1) is 8.26. The van der Waals surface area contributed by atoms with E-state index < -0.39 is 0 Å². The molecule has 0 aliphatic heterocycles. The van der Waals surface area contributed by atoms with Gasteiger partial charge in [0.1, 0.15) is 18.1 Å². The fourth-order valence-electron chi connectivity index (χ4n) is 1.46. The van der Waals surface area contributed by atoms with E-state index in [1.807, 2.05) is 24.3 Å². The summed E-state index contributed by atoms with van der Waals surface area (Å²) in [7, 11) is 3.35. The summed E-state index contributed by atoms with van der Waals surface area (Å²) in [5, 5.41) is 3.30. The van der Waals surface area contributed by atoms with Gasteiger partial charge in [0, 0.05) is 19.7 Å². The molecule has 1 atom stereocenters. The van der Waals surface area contributed by atoms with Gasteiger partial charge < -0.3 is 19.5 Å². The molecule has 96 valence electrons. The number of hydrogen-bond donors (Lipinski definition) is 1. The van der Waals surface area contributed by atoms with Crippen LogP contribution in [0.15, 0.2) is 24.3 Å². The minimum atomic E-state index is 0.347. The second-order valence-electron chi connectivity index (χ2n) is 3.83. The number of rotatable bonds is 8. The summed E-state index contributed by atoms with van der Waals surface area (Å²) >= 11 is 0. The van der Waals surface area contributed by atoms with Gasteiger partial charge in [-0.1, -0.05) is 0 Å². The molecule has 1 unspecified atom stereocenters. The van der Waals surface area contributed by atoms with Crippen molar-refractivity contribution in [3.8, 4) is 11.5 Å². The molecule has 4 heteroatoms. The number of benzene rings is 1. The molecule has 0 amide bonds. The molecule has 1 aromatic carbocycles. The summed E-state index contributed by atoms with van der Waals surface area (Å²) in [6, 6.07) is 7.92. The molecule has 1 aromatic rings. The number of nitrogens with one attached hydrogen (secondary N) is 1. The third-order valence-corrected chi connectivity index (χ3v) is 2.34. The van der Waals surface area contributed by atoms with Gasteiger partial charge in [-0.15, -0.1) is 0 Å². The van der Waals surface area contributed by atoms with Gasteiger partial charge in [-0.2, -0.15) is 0 Å². The van der Waals surface area contributed by atoms with Crippen LogP contribution in [0.3, 0.4) is 0 Å². The summed E-state index contributed by atoms with van der Waals surface area (Å²) in [5.74, 6) is 1.69. The first-order valence-electron chi connectivity index (χ1n) is 5.75. The van der Waals surface area contributed by atoms with E-state index in [4.69, 9.17) is 14.2 Å². The average molecular weight is 239 g/mol. The SMILES string of the molecule is COCC(C)NCCOc1ccc(OC)cc1. The topological polar surface area (TPSA) is 39.7 Å².